The highest BCUT2D eigenvalue weighted by molar-refractivity contribution is 6.32. The topological polar surface area (TPSA) is 69.0 Å². The Labute approximate surface area is 162 Å². The minimum atomic E-state index is -0.430. The minimum absolute atomic E-state index is 0.268. The number of nitrogens with zero attached hydrogens (tertiary/aromatic N) is 3. The van der Waals surface area contributed by atoms with E-state index in [-0.39, 0.29) is 5.95 Å². The summed E-state index contributed by atoms with van der Waals surface area (Å²) in [5, 5.41) is 3.50. The Balaban J connectivity index is 1.60. The van der Waals surface area contributed by atoms with Crippen molar-refractivity contribution < 1.29 is 4.74 Å². The molecule has 0 amide bonds. The maximum Gasteiger partial charge on any atom is 0.356 e. The van der Waals surface area contributed by atoms with E-state index in [0.717, 1.165) is 17.5 Å². The highest BCUT2D eigenvalue weighted by atomic mass is 35.5. The van der Waals surface area contributed by atoms with Crippen LogP contribution in [0, 0.1) is 0 Å². The number of hydrogen-bond acceptors (Lipinski definition) is 5. The van der Waals surface area contributed by atoms with E-state index >= 15 is 0 Å². The highest BCUT2D eigenvalue weighted by Gasteiger charge is 2.11. The minimum Gasteiger partial charge on any atom is -0.375 e. The first-order valence-electron chi connectivity index (χ1n) is 8.78. The number of ether oxygens (including phenoxy) is 1. The molecule has 0 unspecified atom stereocenters. The fourth-order valence-electron chi connectivity index (χ4n) is 2.69. The standard InChI is InChI=1S/C20H21ClN4O2/c1-2-16-9-6-10-17(21)18(16)25-14-23-19(24-20(25)26)22-11-12-27-13-15-7-4-3-5-8-15/h3-10,14H,2,11-13H2,1H3,(H,22,24,26). The Morgan fingerprint density at radius 3 is 2.70 bits per heavy atom. The second-order valence-corrected chi connectivity index (χ2v) is 6.31. The first kappa shape index (κ1) is 19.1. The number of halogens is 1. The van der Waals surface area contributed by atoms with Crippen LogP contribution in [0.2, 0.25) is 5.02 Å². The molecule has 27 heavy (non-hydrogen) atoms. The van der Waals surface area contributed by atoms with Crippen molar-refractivity contribution in [1.82, 2.24) is 14.5 Å². The zero-order valence-corrected chi connectivity index (χ0v) is 15.8. The molecule has 0 fully saturated rings. The fourth-order valence-corrected chi connectivity index (χ4v) is 2.97. The normalized spacial score (nSPS) is 10.7. The number of para-hydroxylation sites is 1. The number of anilines is 1. The van der Waals surface area contributed by atoms with Crippen molar-refractivity contribution in [2.45, 2.75) is 20.0 Å². The van der Waals surface area contributed by atoms with Crippen molar-refractivity contribution in [3.8, 4) is 5.69 Å². The average molecular weight is 385 g/mol. The van der Waals surface area contributed by atoms with E-state index in [4.69, 9.17) is 16.3 Å². The molecule has 0 spiro atoms. The maximum atomic E-state index is 12.4. The number of hydrogen-bond donors (Lipinski definition) is 1. The number of aryl methyl sites for hydroxylation is 1. The zero-order valence-electron chi connectivity index (χ0n) is 15.1. The predicted octanol–water partition coefficient (Wildman–Crippen LogP) is 3.47. The molecule has 0 bridgehead atoms. The third-order valence-electron chi connectivity index (χ3n) is 4.04. The van der Waals surface area contributed by atoms with E-state index in [1.807, 2.05) is 49.4 Å². The molecule has 140 valence electrons. The molecule has 1 N–H and O–H groups in total. The molecular formula is C20H21ClN4O2. The molecule has 1 heterocycles. The molecule has 3 rings (SSSR count). The van der Waals surface area contributed by atoms with E-state index in [2.05, 4.69) is 15.3 Å². The molecule has 0 aliphatic carbocycles. The molecule has 0 aliphatic heterocycles. The van der Waals surface area contributed by atoms with Crippen molar-refractivity contribution in [1.29, 1.82) is 0 Å². The molecule has 3 aromatic rings. The fraction of sp³-hybridized carbons (Fsp3) is 0.250. The molecule has 0 saturated carbocycles. The van der Waals surface area contributed by atoms with Crippen molar-refractivity contribution in [3.05, 3.63) is 81.5 Å². The molecule has 6 nitrogen and oxygen atoms in total. The number of nitrogens with one attached hydrogen (secondary N) is 1. The molecule has 0 radical (unpaired) electrons. The van der Waals surface area contributed by atoms with Crippen LogP contribution in [0.1, 0.15) is 18.1 Å². The van der Waals surface area contributed by atoms with Gasteiger partial charge >= 0.3 is 5.69 Å². The number of benzene rings is 2. The van der Waals surface area contributed by atoms with Crippen molar-refractivity contribution in [2.75, 3.05) is 18.5 Å². The second-order valence-electron chi connectivity index (χ2n) is 5.90. The molecule has 0 aliphatic rings. The van der Waals surface area contributed by atoms with E-state index in [9.17, 15) is 4.79 Å². The third-order valence-corrected chi connectivity index (χ3v) is 4.34. The van der Waals surface area contributed by atoms with Gasteiger partial charge in [0, 0.05) is 6.54 Å². The summed E-state index contributed by atoms with van der Waals surface area (Å²) in [5.41, 5.74) is 2.27. The number of aromatic nitrogens is 3. The monoisotopic (exact) mass is 384 g/mol. The van der Waals surface area contributed by atoms with Crippen molar-refractivity contribution in [2.24, 2.45) is 0 Å². The van der Waals surface area contributed by atoms with E-state index < -0.39 is 5.69 Å². The first-order valence-corrected chi connectivity index (χ1v) is 9.16. The van der Waals surface area contributed by atoms with E-state index in [0.29, 0.717) is 30.5 Å². The van der Waals surface area contributed by atoms with Gasteiger partial charge in [0.05, 0.1) is 23.9 Å². The van der Waals surface area contributed by atoms with Gasteiger partial charge in [-0.1, -0.05) is 61.0 Å². The molecule has 0 atom stereocenters. The smallest absolute Gasteiger partial charge is 0.356 e. The van der Waals surface area contributed by atoms with Crippen LogP contribution in [-0.2, 0) is 17.8 Å². The molecular weight excluding hydrogens is 364 g/mol. The Bertz CT molecular complexity index is 944. The van der Waals surface area contributed by atoms with Crippen molar-refractivity contribution >= 4 is 17.5 Å². The van der Waals surface area contributed by atoms with Crippen LogP contribution in [0.4, 0.5) is 5.95 Å². The van der Waals surface area contributed by atoms with Crippen LogP contribution < -0.4 is 11.0 Å². The van der Waals surface area contributed by atoms with Gasteiger partial charge < -0.3 is 10.1 Å². The van der Waals surface area contributed by atoms with Gasteiger partial charge in [-0.15, -0.1) is 0 Å². The van der Waals surface area contributed by atoms with Crippen LogP contribution in [0.3, 0.4) is 0 Å². The summed E-state index contributed by atoms with van der Waals surface area (Å²) in [7, 11) is 0. The quantitative estimate of drug-likeness (QED) is 0.602. The Kier molecular flexibility index (Phi) is 6.57. The summed E-state index contributed by atoms with van der Waals surface area (Å²) in [6.45, 7) is 3.53. The van der Waals surface area contributed by atoms with Crippen molar-refractivity contribution in [3.63, 3.8) is 0 Å². The van der Waals surface area contributed by atoms with E-state index in [1.165, 1.54) is 10.9 Å². The first-order chi connectivity index (χ1) is 13.2. The maximum absolute atomic E-state index is 12.4. The summed E-state index contributed by atoms with van der Waals surface area (Å²) in [6, 6.07) is 15.5. The molecule has 7 heteroatoms. The van der Waals surface area contributed by atoms with Gasteiger partial charge in [0.25, 0.3) is 0 Å². The SMILES string of the molecule is CCc1cccc(Cl)c1-n1cnc(NCCOCc2ccccc2)nc1=O. The van der Waals surface area contributed by atoms with Crippen LogP contribution in [0.5, 0.6) is 0 Å². The Morgan fingerprint density at radius 1 is 1.15 bits per heavy atom. The van der Waals surface area contributed by atoms with E-state index in [1.54, 1.807) is 6.07 Å². The molecule has 2 aromatic carbocycles. The lowest BCUT2D eigenvalue weighted by atomic mass is 10.1. The summed E-state index contributed by atoms with van der Waals surface area (Å²) >= 11 is 6.28. The summed E-state index contributed by atoms with van der Waals surface area (Å²) < 4.78 is 6.97. The number of rotatable bonds is 8. The van der Waals surface area contributed by atoms with Gasteiger partial charge in [0.1, 0.15) is 6.33 Å². The lowest BCUT2D eigenvalue weighted by molar-refractivity contribution is 0.130. The largest absolute Gasteiger partial charge is 0.375 e. The van der Waals surface area contributed by atoms with Gasteiger partial charge in [0.15, 0.2) is 0 Å². The van der Waals surface area contributed by atoms with Crippen LogP contribution in [-0.4, -0.2) is 27.7 Å². The Hall–Kier alpha value is -2.70. The van der Waals surface area contributed by atoms with Gasteiger partial charge in [-0.3, -0.25) is 0 Å². The lowest BCUT2D eigenvalue weighted by Crippen LogP contribution is -2.25. The zero-order chi connectivity index (χ0) is 19.1. The van der Waals surface area contributed by atoms with Crippen LogP contribution >= 0.6 is 11.6 Å². The Morgan fingerprint density at radius 2 is 1.96 bits per heavy atom. The predicted molar refractivity (Wildman–Crippen MR) is 107 cm³/mol. The van der Waals surface area contributed by atoms with Crippen LogP contribution in [0.15, 0.2) is 59.7 Å². The molecule has 1 aromatic heterocycles. The van der Waals surface area contributed by atoms with Crippen LogP contribution in [0.25, 0.3) is 5.69 Å². The van der Waals surface area contributed by atoms with Gasteiger partial charge in [-0.05, 0) is 23.6 Å². The summed E-state index contributed by atoms with van der Waals surface area (Å²) in [6.07, 6.45) is 2.20. The summed E-state index contributed by atoms with van der Waals surface area (Å²) in [5.74, 6) is 0.268. The third kappa shape index (κ3) is 4.93. The van der Waals surface area contributed by atoms with Gasteiger partial charge in [-0.25, -0.2) is 14.3 Å². The molecule has 0 saturated heterocycles. The van der Waals surface area contributed by atoms with Gasteiger partial charge in [0.2, 0.25) is 5.95 Å². The average Bonchev–Trinajstić information content (AvgIpc) is 2.69. The van der Waals surface area contributed by atoms with Gasteiger partial charge in [-0.2, -0.15) is 4.98 Å². The lowest BCUT2D eigenvalue weighted by Gasteiger charge is -2.12. The second kappa shape index (κ2) is 9.30. The summed E-state index contributed by atoms with van der Waals surface area (Å²) in [4.78, 5) is 20.6. The highest BCUT2D eigenvalue weighted by Crippen LogP contribution is 2.23.